The molecular weight excluding hydrogens is 284 g/mol. The van der Waals surface area contributed by atoms with E-state index in [9.17, 15) is 0 Å². The molecule has 1 aromatic heterocycles. The monoisotopic (exact) mass is 308 g/mol. The summed E-state index contributed by atoms with van der Waals surface area (Å²) in [7, 11) is 0. The Labute approximate surface area is 137 Å². The number of benzene rings is 2. The van der Waals surface area contributed by atoms with Crippen LogP contribution in [0.4, 0.5) is 0 Å². The Kier molecular flexibility index (Phi) is 4.74. The third-order valence-corrected chi connectivity index (χ3v) is 4.07. The Balaban J connectivity index is 1.86. The number of nitrogens with two attached hydrogens (primary N) is 1. The van der Waals surface area contributed by atoms with Gasteiger partial charge in [-0.15, -0.1) is 0 Å². The van der Waals surface area contributed by atoms with E-state index in [1.54, 1.807) is 0 Å². The Morgan fingerprint density at radius 1 is 1.09 bits per heavy atom. The lowest BCUT2D eigenvalue weighted by molar-refractivity contribution is 0.617. The summed E-state index contributed by atoms with van der Waals surface area (Å²) in [6.45, 7) is 6.73. The molecule has 0 atom stereocenters. The van der Waals surface area contributed by atoms with Crippen LogP contribution in [0, 0.1) is 0 Å². The molecule has 23 heavy (non-hydrogen) atoms. The molecule has 3 N–H and O–H groups in total. The molecule has 0 saturated carbocycles. The molecule has 0 saturated heterocycles. The van der Waals surface area contributed by atoms with Crippen LogP contribution in [0.15, 0.2) is 48.8 Å². The molecule has 4 nitrogen and oxygen atoms in total. The van der Waals surface area contributed by atoms with Crippen LogP contribution in [0.5, 0.6) is 0 Å². The third kappa shape index (κ3) is 3.44. The zero-order valence-corrected chi connectivity index (χ0v) is 13.8. The number of aromatic nitrogens is 2. The van der Waals surface area contributed by atoms with Gasteiger partial charge in [-0.2, -0.15) is 0 Å². The molecule has 0 unspecified atom stereocenters. The highest BCUT2D eigenvalue weighted by Crippen LogP contribution is 2.26. The number of imidazole rings is 1. The molecule has 0 aliphatic heterocycles. The van der Waals surface area contributed by atoms with Crippen LogP contribution in [-0.2, 0) is 6.54 Å². The first-order valence-electron chi connectivity index (χ1n) is 8.15. The van der Waals surface area contributed by atoms with E-state index in [1.807, 2.05) is 6.33 Å². The van der Waals surface area contributed by atoms with Gasteiger partial charge in [0.05, 0.1) is 17.4 Å². The quantitative estimate of drug-likeness (QED) is 0.687. The molecule has 3 aromatic rings. The molecule has 0 amide bonds. The van der Waals surface area contributed by atoms with Gasteiger partial charge in [0.15, 0.2) is 0 Å². The lowest BCUT2D eigenvalue weighted by atomic mass is 10.0. The second kappa shape index (κ2) is 6.94. The van der Waals surface area contributed by atoms with E-state index in [-0.39, 0.29) is 0 Å². The van der Waals surface area contributed by atoms with Crippen molar-refractivity contribution in [3.8, 4) is 11.1 Å². The SMILES string of the molecule is CC(C)n1cnc2ccc(-c3ccc(CNCCN)cc3)cc21. The predicted molar refractivity (Wildman–Crippen MR) is 96.3 cm³/mol. The summed E-state index contributed by atoms with van der Waals surface area (Å²) >= 11 is 0. The van der Waals surface area contributed by atoms with Gasteiger partial charge in [0.1, 0.15) is 0 Å². The molecule has 0 aliphatic carbocycles. The number of rotatable bonds is 6. The molecule has 0 radical (unpaired) electrons. The highest BCUT2D eigenvalue weighted by atomic mass is 15.1. The summed E-state index contributed by atoms with van der Waals surface area (Å²) in [5, 5.41) is 3.31. The lowest BCUT2D eigenvalue weighted by Gasteiger charge is -2.09. The molecule has 0 bridgehead atoms. The van der Waals surface area contributed by atoms with E-state index in [2.05, 4.69) is 71.2 Å². The van der Waals surface area contributed by atoms with Crippen molar-refractivity contribution >= 4 is 11.0 Å². The van der Waals surface area contributed by atoms with Crippen molar-refractivity contribution < 1.29 is 0 Å². The number of fused-ring (bicyclic) bond motifs is 1. The first kappa shape index (κ1) is 15.7. The Morgan fingerprint density at radius 3 is 2.52 bits per heavy atom. The minimum absolute atomic E-state index is 0.409. The predicted octanol–water partition coefficient (Wildman–Crippen LogP) is 3.33. The van der Waals surface area contributed by atoms with Gasteiger partial charge in [-0.05, 0) is 42.7 Å². The van der Waals surface area contributed by atoms with Crippen molar-refractivity contribution in [3.05, 3.63) is 54.4 Å². The van der Waals surface area contributed by atoms with Crippen molar-refractivity contribution in [2.75, 3.05) is 13.1 Å². The largest absolute Gasteiger partial charge is 0.329 e. The maximum Gasteiger partial charge on any atom is 0.0960 e. The highest BCUT2D eigenvalue weighted by molar-refractivity contribution is 5.82. The molecule has 0 aliphatic rings. The summed E-state index contributed by atoms with van der Waals surface area (Å²) in [4.78, 5) is 4.48. The molecule has 4 heteroatoms. The molecule has 120 valence electrons. The highest BCUT2D eigenvalue weighted by Gasteiger charge is 2.07. The van der Waals surface area contributed by atoms with E-state index in [0.29, 0.717) is 12.6 Å². The molecular formula is C19H24N4. The van der Waals surface area contributed by atoms with Crippen molar-refractivity contribution in [2.24, 2.45) is 5.73 Å². The minimum Gasteiger partial charge on any atom is -0.329 e. The van der Waals surface area contributed by atoms with Gasteiger partial charge >= 0.3 is 0 Å². The number of nitrogens with one attached hydrogen (secondary N) is 1. The summed E-state index contributed by atoms with van der Waals surface area (Å²) in [5.74, 6) is 0. The van der Waals surface area contributed by atoms with Gasteiger partial charge in [0.25, 0.3) is 0 Å². The van der Waals surface area contributed by atoms with E-state index < -0.39 is 0 Å². The maximum atomic E-state index is 5.49. The van der Waals surface area contributed by atoms with Crippen LogP contribution in [0.25, 0.3) is 22.2 Å². The van der Waals surface area contributed by atoms with E-state index >= 15 is 0 Å². The third-order valence-electron chi connectivity index (χ3n) is 4.07. The summed E-state index contributed by atoms with van der Waals surface area (Å²) < 4.78 is 2.21. The van der Waals surface area contributed by atoms with Crippen LogP contribution in [-0.4, -0.2) is 22.6 Å². The van der Waals surface area contributed by atoms with Crippen molar-refractivity contribution in [3.63, 3.8) is 0 Å². The Hall–Kier alpha value is -2.17. The molecule has 2 aromatic carbocycles. The second-order valence-electron chi connectivity index (χ2n) is 6.11. The second-order valence-corrected chi connectivity index (χ2v) is 6.11. The fraction of sp³-hybridized carbons (Fsp3) is 0.316. The Bertz CT molecular complexity index is 772. The normalized spacial score (nSPS) is 11.5. The first-order valence-corrected chi connectivity index (χ1v) is 8.15. The van der Waals surface area contributed by atoms with Gasteiger partial charge in [0.2, 0.25) is 0 Å². The smallest absolute Gasteiger partial charge is 0.0960 e. The summed E-state index contributed by atoms with van der Waals surface area (Å²) in [6.07, 6.45) is 1.92. The fourth-order valence-electron chi connectivity index (χ4n) is 2.77. The topological polar surface area (TPSA) is 55.9 Å². The van der Waals surface area contributed by atoms with Crippen LogP contribution < -0.4 is 11.1 Å². The van der Waals surface area contributed by atoms with Crippen LogP contribution in [0.1, 0.15) is 25.5 Å². The first-order chi connectivity index (χ1) is 11.2. The van der Waals surface area contributed by atoms with Crippen LogP contribution >= 0.6 is 0 Å². The number of nitrogens with zero attached hydrogens (tertiary/aromatic N) is 2. The maximum absolute atomic E-state index is 5.49. The van der Waals surface area contributed by atoms with Crippen LogP contribution in [0.3, 0.4) is 0 Å². The minimum atomic E-state index is 0.409. The summed E-state index contributed by atoms with van der Waals surface area (Å²) in [5.41, 5.74) is 11.5. The molecule has 0 spiro atoms. The number of hydrogen-bond donors (Lipinski definition) is 2. The fourth-order valence-corrected chi connectivity index (χ4v) is 2.77. The average molecular weight is 308 g/mol. The summed E-state index contributed by atoms with van der Waals surface area (Å²) in [6, 6.07) is 15.6. The van der Waals surface area contributed by atoms with Gasteiger partial charge < -0.3 is 15.6 Å². The van der Waals surface area contributed by atoms with Crippen molar-refractivity contribution in [1.82, 2.24) is 14.9 Å². The number of hydrogen-bond acceptors (Lipinski definition) is 3. The molecule has 3 rings (SSSR count). The van der Waals surface area contributed by atoms with Crippen molar-refractivity contribution in [1.29, 1.82) is 0 Å². The van der Waals surface area contributed by atoms with Gasteiger partial charge in [-0.25, -0.2) is 4.98 Å². The molecule has 1 heterocycles. The zero-order chi connectivity index (χ0) is 16.2. The van der Waals surface area contributed by atoms with E-state index in [4.69, 9.17) is 5.73 Å². The molecule has 0 fully saturated rings. The zero-order valence-electron chi connectivity index (χ0n) is 13.8. The standard InChI is InChI=1S/C19H24N4/c1-14(2)23-13-22-18-8-7-17(11-19(18)23)16-5-3-15(4-6-16)12-21-10-9-20/h3-8,11,13-14,21H,9-10,12,20H2,1-2H3. The van der Waals surface area contributed by atoms with Gasteiger partial charge in [-0.1, -0.05) is 30.3 Å². The average Bonchev–Trinajstić information content (AvgIpc) is 2.99. The Morgan fingerprint density at radius 2 is 1.83 bits per heavy atom. The van der Waals surface area contributed by atoms with E-state index in [0.717, 1.165) is 18.6 Å². The van der Waals surface area contributed by atoms with Crippen LogP contribution in [0.2, 0.25) is 0 Å². The van der Waals surface area contributed by atoms with Crippen molar-refractivity contribution in [2.45, 2.75) is 26.4 Å². The van der Waals surface area contributed by atoms with Gasteiger partial charge in [-0.3, -0.25) is 0 Å². The van der Waals surface area contributed by atoms with E-state index in [1.165, 1.54) is 22.2 Å². The lowest BCUT2D eigenvalue weighted by Crippen LogP contribution is -2.21. The van der Waals surface area contributed by atoms with Gasteiger partial charge in [0, 0.05) is 25.7 Å².